The maximum atomic E-state index is 3.63. The first-order valence-electron chi connectivity index (χ1n) is 7.50. The predicted octanol–water partition coefficient (Wildman–Crippen LogP) is 2.82. The van der Waals surface area contributed by atoms with Gasteiger partial charge >= 0.3 is 0 Å². The number of piperidine rings is 1. The van der Waals surface area contributed by atoms with Crippen LogP contribution in [0.25, 0.3) is 0 Å². The fourth-order valence-corrected chi connectivity index (χ4v) is 3.64. The molecule has 2 heteroatoms. The van der Waals surface area contributed by atoms with Crippen LogP contribution in [-0.4, -0.2) is 30.1 Å². The minimum atomic E-state index is 0.393. The second-order valence-corrected chi connectivity index (χ2v) is 5.97. The fraction of sp³-hybridized carbons (Fsp3) is 0.333. The molecule has 3 aliphatic heterocycles. The Morgan fingerprint density at radius 2 is 1.25 bits per heavy atom. The van der Waals surface area contributed by atoms with Crippen LogP contribution in [-0.2, 0) is 0 Å². The number of rotatable bonds is 3. The maximum Gasteiger partial charge on any atom is 0.0602 e. The van der Waals surface area contributed by atoms with Gasteiger partial charge < -0.3 is 5.32 Å². The highest BCUT2D eigenvalue weighted by molar-refractivity contribution is 5.32. The van der Waals surface area contributed by atoms with E-state index in [4.69, 9.17) is 0 Å². The molecule has 5 rings (SSSR count). The first kappa shape index (κ1) is 12.1. The van der Waals surface area contributed by atoms with Crippen LogP contribution in [0.5, 0.6) is 0 Å². The quantitative estimate of drug-likeness (QED) is 0.917. The highest BCUT2D eigenvalue weighted by Crippen LogP contribution is 2.33. The van der Waals surface area contributed by atoms with Gasteiger partial charge in [-0.1, -0.05) is 60.7 Å². The molecule has 0 saturated carbocycles. The van der Waals surface area contributed by atoms with Crippen LogP contribution >= 0.6 is 0 Å². The maximum absolute atomic E-state index is 3.63. The number of benzene rings is 2. The van der Waals surface area contributed by atoms with Crippen LogP contribution < -0.4 is 5.32 Å². The van der Waals surface area contributed by atoms with E-state index in [1.165, 1.54) is 17.5 Å². The average Bonchev–Trinajstić information content (AvgIpc) is 2.49. The smallest absolute Gasteiger partial charge is 0.0602 e. The molecule has 3 saturated heterocycles. The molecule has 2 unspecified atom stereocenters. The predicted molar refractivity (Wildman–Crippen MR) is 81.6 cm³/mol. The van der Waals surface area contributed by atoms with Gasteiger partial charge in [0.25, 0.3) is 0 Å². The third-order valence-electron chi connectivity index (χ3n) is 4.55. The van der Waals surface area contributed by atoms with Crippen molar-refractivity contribution in [1.29, 1.82) is 0 Å². The third kappa shape index (κ3) is 2.15. The number of piperazine rings is 1. The molecule has 3 fully saturated rings. The van der Waals surface area contributed by atoms with E-state index >= 15 is 0 Å². The van der Waals surface area contributed by atoms with Crippen LogP contribution in [0.1, 0.15) is 23.6 Å². The summed E-state index contributed by atoms with van der Waals surface area (Å²) in [5.41, 5.74) is 2.81. The van der Waals surface area contributed by atoms with E-state index in [0.29, 0.717) is 18.1 Å². The summed E-state index contributed by atoms with van der Waals surface area (Å²) in [4.78, 5) is 2.64. The highest BCUT2D eigenvalue weighted by atomic mass is 15.3. The molecule has 0 aliphatic carbocycles. The molecule has 3 heterocycles. The molecule has 0 amide bonds. The largest absolute Gasteiger partial charge is 0.309 e. The summed E-state index contributed by atoms with van der Waals surface area (Å²) in [5.74, 6) is 0. The summed E-state index contributed by atoms with van der Waals surface area (Å²) >= 11 is 0. The van der Waals surface area contributed by atoms with Gasteiger partial charge in [0.05, 0.1) is 6.04 Å². The van der Waals surface area contributed by atoms with E-state index in [2.05, 4.69) is 70.9 Å². The van der Waals surface area contributed by atoms with Gasteiger partial charge in [-0.2, -0.15) is 0 Å². The van der Waals surface area contributed by atoms with E-state index in [1.54, 1.807) is 0 Å². The zero-order valence-corrected chi connectivity index (χ0v) is 11.6. The average molecular weight is 264 g/mol. The number of fused-ring (bicyclic) bond motifs is 2. The monoisotopic (exact) mass is 264 g/mol. The van der Waals surface area contributed by atoms with Gasteiger partial charge in [-0.15, -0.1) is 0 Å². The van der Waals surface area contributed by atoms with Crippen LogP contribution in [0, 0.1) is 0 Å². The number of nitrogens with zero attached hydrogens (tertiary/aromatic N) is 1. The van der Waals surface area contributed by atoms with Gasteiger partial charge in [-0.3, -0.25) is 4.90 Å². The lowest BCUT2D eigenvalue weighted by atomic mass is 9.87. The highest BCUT2D eigenvalue weighted by Gasteiger charge is 2.39. The molecule has 2 bridgehead atoms. The van der Waals surface area contributed by atoms with Gasteiger partial charge in [0.15, 0.2) is 0 Å². The van der Waals surface area contributed by atoms with Crippen LogP contribution in [0.4, 0.5) is 0 Å². The Labute approximate surface area is 120 Å². The van der Waals surface area contributed by atoms with Crippen LogP contribution in [0.15, 0.2) is 60.7 Å². The summed E-state index contributed by atoms with van der Waals surface area (Å²) < 4.78 is 0. The summed E-state index contributed by atoms with van der Waals surface area (Å²) in [6.07, 6.45) is 1.35. The lowest BCUT2D eigenvalue weighted by molar-refractivity contribution is 0.0568. The zero-order valence-electron chi connectivity index (χ0n) is 11.6. The van der Waals surface area contributed by atoms with Crippen molar-refractivity contribution in [2.45, 2.75) is 24.5 Å². The topological polar surface area (TPSA) is 15.3 Å². The molecule has 2 aromatic rings. The first-order valence-corrected chi connectivity index (χ1v) is 7.50. The molecule has 2 atom stereocenters. The van der Waals surface area contributed by atoms with E-state index in [0.717, 1.165) is 13.1 Å². The lowest BCUT2D eigenvalue weighted by Gasteiger charge is -2.51. The SMILES string of the molecule is c1ccc(C(c2ccccc2)N2CC3CC(C2)N3)cc1. The van der Waals surface area contributed by atoms with E-state index in [9.17, 15) is 0 Å². The van der Waals surface area contributed by atoms with Gasteiger partial charge in [0.2, 0.25) is 0 Å². The number of hydrogen-bond acceptors (Lipinski definition) is 2. The van der Waals surface area contributed by atoms with Crippen molar-refractivity contribution in [3.8, 4) is 0 Å². The molecule has 0 aromatic heterocycles. The van der Waals surface area contributed by atoms with Crippen LogP contribution in [0.2, 0.25) is 0 Å². The lowest BCUT2D eigenvalue weighted by Crippen LogP contribution is -2.67. The van der Waals surface area contributed by atoms with Crippen molar-refractivity contribution in [3.63, 3.8) is 0 Å². The van der Waals surface area contributed by atoms with E-state index in [1.807, 2.05) is 0 Å². The van der Waals surface area contributed by atoms with E-state index in [-0.39, 0.29) is 0 Å². The Morgan fingerprint density at radius 1 is 0.800 bits per heavy atom. The zero-order chi connectivity index (χ0) is 13.4. The van der Waals surface area contributed by atoms with Crippen molar-refractivity contribution in [2.24, 2.45) is 0 Å². The van der Waals surface area contributed by atoms with Crippen molar-refractivity contribution in [1.82, 2.24) is 10.2 Å². The molecule has 3 aliphatic rings. The number of nitrogens with one attached hydrogen (secondary N) is 1. The summed E-state index contributed by atoms with van der Waals surface area (Å²) in [6.45, 7) is 2.32. The summed E-state index contributed by atoms with van der Waals surface area (Å²) in [7, 11) is 0. The molecule has 1 N–H and O–H groups in total. The Bertz CT molecular complexity index is 511. The van der Waals surface area contributed by atoms with Gasteiger partial charge in [0, 0.05) is 25.2 Å². The first-order chi connectivity index (χ1) is 9.90. The second-order valence-electron chi connectivity index (χ2n) is 5.97. The second kappa shape index (κ2) is 5.04. The Kier molecular flexibility index (Phi) is 3.06. The minimum Gasteiger partial charge on any atom is -0.309 e. The Morgan fingerprint density at radius 3 is 1.70 bits per heavy atom. The number of hydrogen-bond donors (Lipinski definition) is 1. The van der Waals surface area contributed by atoms with Crippen molar-refractivity contribution in [3.05, 3.63) is 71.8 Å². The fourth-order valence-electron chi connectivity index (χ4n) is 3.64. The Balaban J connectivity index is 1.70. The van der Waals surface area contributed by atoms with Crippen molar-refractivity contribution in [2.75, 3.05) is 13.1 Å². The third-order valence-corrected chi connectivity index (χ3v) is 4.55. The summed E-state index contributed by atoms with van der Waals surface area (Å²) in [6, 6.07) is 23.6. The van der Waals surface area contributed by atoms with Gasteiger partial charge in [-0.25, -0.2) is 0 Å². The summed E-state index contributed by atoms with van der Waals surface area (Å²) in [5, 5.41) is 3.63. The van der Waals surface area contributed by atoms with Crippen molar-refractivity contribution < 1.29 is 0 Å². The van der Waals surface area contributed by atoms with Crippen LogP contribution in [0.3, 0.4) is 0 Å². The molecule has 2 nitrogen and oxygen atoms in total. The standard InChI is InChI=1S/C18H20N2/c1-3-7-14(8-4-1)18(15-9-5-2-6-10-15)20-12-16-11-17(13-20)19-16/h1-10,16-19H,11-13H2. The van der Waals surface area contributed by atoms with Gasteiger partial charge in [-0.05, 0) is 17.5 Å². The van der Waals surface area contributed by atoms with Gasteiger partial charge in [0.1, 0.15) is 0 Å². The normalized spacial score (nSPS) is 25.4. The molecule has 0 spiro atoms. The molecule has 102 valence electrons. The minimum absolute atomic E-state index is 0.393. The molecular weight excluding hydrogens is 244 g/mol. The molecule has 20 heavy (non-hydrogen) atoms. The van der Waals surface area contributed by atoms with E-state index < -0.39 is 0 Å². The molecular formula is C18H20N2. The molecule has 2 aromatic carbocycles. The Hall–Kier alpha value is -1.64. The van der Waals surface area contributed by atoms with Crippen molar-refractivity contribution >= 4 is 0 Å². The molecule has 0 radical (unpaired) electrons.